The van der Waals surface area contributed by atoms with Crippen molar-refractivity contribution in [2.24, 2.45) is 0 Å². The van der Waals surface area contributed by atoms with E-state index in [0.717, 1.165) is 5.56 Å². The van der Waals surface area contributed by atoms with Crippen LogP contribution >= 0.6 is 15.9 Å². The van der Waals surface area contributed by atoms with Crippen molar-refractivity contribution in [2.45, 2.75) is 13.5 Å². The first-order chi connectivity index (χ1) is 11.8. The summed E-state index contributed by atoms with van der Waals surface area (Å²) >= 11 is 3.11. The summed E-state index contributed by atoms with van der Waals surface area (Å²) < 4.78 is 5.55. The van der Waals surface area contributed by atoms with Crippen molar-refractivity contribution in [1.29, 1.82) is 0 Å². The van der Waals surface area contributed by atoms with Crippen LogP contribution in [0.4, 0.5) is 5.69 Å². The molecule has 1 heterocycles. The van der Waals surface area contributed by atoms with Gasteiger partial charge in [0.2, 0.25) is 11.8 Å². The Labute approximate surface area is 153 Å². The Morgan fingerprint density at radius 3 is 2.60 bits per heavy atom. The Morgan fingerprint density at radius 1 is 1.20 bits per heavy atom. The average Bonchev–Trinajstić information content (AvgIpc) is 2.99. The van der Waals surface area contributed by atoms with Crippen LogP contribution in [0.15, 0.2) is 45.5 Å². The number of hydrogen-bond donors (Lipinski definition) is 2. The van der Waals surface area contributed by atoms with Crippen molar-refractivity contribution < 1.29 is 18.8 Å². The average molecular weight is 408 g/mol. The summed E-state index contributed by atoms with van der Waals surface area (Å²) in [4.78, 5) is 36.6. The molecule has 0 radical (unpaired) electrons. The van der Waals surface area contributed by atoms with Gasteiger partial charge < -0.3 is 20.0 Å². The number of anilines is 1. The van der Waals surface area contributed by atoms with E-state index in [1.165, 1.54) is 13.0 Å². The number of carbonyl (C=O) groups excluding carboxylic acids is 3. The Hall–Kier alpha value is -2.61. The summed E-state index contributed by atoms with van der Waals surface area (Å²) in [5.41, 5.74) is 1.48. The van der Waals surface area contributed by atoms with Gasteiger partial charge in [-0.25, -0.2) is 0 Å². The Balaban J connectivity index is 1.87. The minimum atomic E-state index is -0.474. The third kappa shape index (κ3) is 5.75. The van der Waals surface area contributed by atoms with Crippen molar-refractivity contribution >= 4 is 39.3 Å². The van der Waals surface area contributed by atoms with Crippen molar-refractivity contribution in [3.05, 3.63) is 52.4 Å². The lowest BCUT2D eigenvalue weighted by atomic mass is 10.2. The molecule has 0 fully saturated rings. The highest BCUT2D eigenvalue weighted by atomic mass is 79.9. The van der Waals surface area contributed by atoms with Gasteiger partial charge in [-0.05, 0) is 45.8 Å². The number of nitrogens with zero attached hydrogens (tertiary/aromatic N) is 1. The molecule has 1 aromatic carbocycles. The largest absolute Gasteiger partial charge is 0.444 e. The third-order valence-corrected chi connectivity index (χ3v) is 3.80. The van der Waals surface area contributed by atoms with Crippen LogP contribution in [0.1, 0.15) is 23.0 Å². The summed E-state index contributed by atoms with van der Waals surface area (Å²) in [6.45, 7) is 1.75. The second kappa shape index (κ2) is 8.48. The quantitative estimate of drug-likeness (QED) is 0.768. The number of halogens is 1. The van der Waals surface area contributed by atoms with E-state index in [1.807, 2.05) is 6.07 Å². The number of rotatable bonds is 6. The Bertz CT molecular complexity index is 788. The third-order valence-electron chi connectivity index (χ3n) is 3.37. The molecule has 2 rings (SSSR count). The predicted octanol–water partition coefficient (Wildman–Crippen LogP) is 2.39. The molecule has 0 spiro atoms. The van der Waals surface area contributed by atoms with Gasteiger partial charge in [-0.3, -0.25) is 14.4 Å². The van der Waals surface area contributed by atoms with Crippen LogP contribution in [0.25, 0.3) is 0 Å². The molecule has 0 saturated heterocycles. The summed E-state index contributed by atoms with van der Waals surface area (Å²) in [6.07, 6.45) is 0. The minimum Gasteiger partial charge on any atom is -0.444 e. The molecule has 132 valence electrons. The van der Waals surface area contributed by atoms with Crippen molar-refractivity contribution in [3.8, 4) is 0 Å². The lowest BCUT2D eigenvalue weighted by molar-refractivity contribution is -0.128. The molecule has 25 heavy (non-hydrogen) atoms. The SMILES string of the molecule is CC(=O)N(C)Cc1cccc(NC(=O)CNC(=O)c2ccc(Br)o2)c1. The number of carbonyl (C=O) groups is 3. The first kappa shape index (κ1) is 18.7. The van der Waals surface area contributed by atoms with Gasteiger partial charge in [0.25, 0.3) is 5.91 Å². The minimum absolute atomic E-state index is 0.0401. The van der Waals surface area contributed by atoms with Gasteiger partial charge in [0.15, 0.2) is 10.4 Å². The lowest BCUT2D eigenvalue weighted by Crippen LogP contribution is -2.32. The summed E-state index contributed by atoms with van der Waals surface area (Å²) in [6, 6.07) is 10.3. The molecule has 0 unspecified atom stereocenters. The maximum Gasteiger partial charge on any atom is 0.287 e. The number of amides is 3. The fourth-order valence-corrected chi connectivity index (χ4v) is 2.33. The first-order valence-corrected chi connectivity index (χ1v) is 8.28. The van der Waals surface area contributed by atoms with Gasteiger partial charge in [-0.1, -0.05) is 12.1 Å². The van der Waals surface area contributed by atoms with E-state index in [2.05, 4.69) is 26.6 Å². The molecule has 1 aromatic heterocycles. The fourth-order valence-electron chi connectivity index (χ4n) is 2.02. The monoisotopic (exact) mass is 407 g/mol. The van der Waals surface area contributed by atoms with E-state index >= 15 is 0 Å². The van der Waals surface area contributed by atoms with Gasteiger partial charge in [0.1, 0.15) is 0 Å². The maximum atomic E-state index is 12.0. The molecule has 0 aliphatic rings. The smallest absolute Gasteiger partial charge is 0.287 e. The van der Waals surface area contributed by atoms with Gasteiger partial charge in [-0.15, -0.1) is 0 Å². The fraction of sp³-hybridized carbons (Fsp3) is 0.235. The highest BCUT2D eigenvalue weighted by Gasteiger charge is 2.12. The molecule has 0 aliphatic carbocycles. The molecule has 0 aliphatic heterocycles. The number of benzene rings is 1. The van der Waals surface area contributed by atoms with E-state index in [0.29, 0.717) is 16.9 Å². The van der Waals surface area contributed by atoms with Gasteiger partial charge in [0.05, 0.1) is 6.54 Å². The zero-order chi connectivity index (χ0) is 18.4. The van der Waals surface area contributed by atoms with E-state index < -0.39 is 5.91 Å². The molecule has 0 saturated carbocycles. The Morgan fingerprint density at radius 2 is 1.96 bits per heavy atom. The van der Waals surface area contributed by atoms with Crippen LogP contribution in [0.3, 0.4) is 0 Å². The number of nitrogens with one attached hydrogen (secondary N) is 2. The zero-order valence-corrected chi connectivity index (χ0v) is 15.4. The van der Waals surface area contributed by atoms with Gasteiger partial charge >= 0.3 is 0 Å². The van der Waals surface area contributed by atoms with Crippen LogP contribution in [-0.4, -0.2) is 36.2 Å². The predicted molar refractivity (Wildman–Crippen MR) is 96.0 cm³/mol. The number of furan rings is 1. The second-order valence-electron chi connectivity index (χ2n) is 5.41. The molecular formula is C17H18BrN3O4. The van der Waals surface area contributed by atoms with E-state index in [9.17, 15) is 14.4 Å². The summed E-state index contributed by atoms with van der Waals surface area (Å²) in [7, 11) is 1.70. The lowest BCUT2D eigenvalue weighted by Gasteiger charge is -2.15. The number of hydrogen-bond acceptors (Lipinski definition) is 4. The molecular weight excluding hydrogens is 390 g/mol. The molecule has 2 N–H and O–H groups in total. The Kier molecular flexibility index (Phi) is 6.35. The standard InChI is InChI=1S/C17H18BrN3O4/c1-11(22)21(2)10-12-4-3-5-13(8-12)20-16(23)9-19-17(24)14-6-7-15(18)25-14/h3-8H,9-10H2,1-2H3,(H,19,24)(H,20,23). The van der Waals surface area contributed by atoms with Crippen molar-refractivity contribution in [2.75, 3.05) is 18.9 Å². The normalized spacial score (nSPS) is 10.2. The first-order valence-electron chi connectivity index (χ1n) is 7.49. The van der Waals surface area contributed by atoms with E-state index in [1.54, 1.807) is 36.2 Å². The van der Waals surface area contributed by atoms with E-state index in [-0.39, 0.29) is 24.1 Å². The van der Waals surface area contributed by atoms with Crippen LogP contribution in [0.2, 0.25) is 0 Å². The van der Waals surface area contributed by atoms with Crippen LogP contribution in [0, 0.1) is 0 Å². The molecule has 7 nitrogen and oxygen atoms in total. The van der Waals surface area contributed by atoms with Crippen LogP contribution < -0.4 is 10.6 Å². The second-order valence-corrected chi connectivity index (χ2v) is 6.19. The highest BCUT2D eigenvalue weighted by molar-refractivity contribution is 9.10. The molecule has 0 bridgehead atoms. The van der Waals surface area contributed by atoms with Crippen molar-refractivity contribution in [3.63, 3.8) is 0 Å². The zero-order valence-electron chi connectivity index (χ0n) is 13.8. The molecule has 0 atom stereocenters. The van der Waals surface area contributed by atoms with Gasteiger partial charge in [0, 0.05) is 26.2 Å². The summed E-state index contributed by atoms with van der Waals surface area (Å²) in [5, 5.41) is 5.18. The van der Waals surface area contributed by atoms with Crippen LogP contribution in [-0.2, 0) is 16.1 Å². The van der Waals surface area contributed by atoms with Gasteiger partial charge in [-0.2, -0.15) is 0 Å². The summed E-state index contributed by atoms with van der Waals surface area (Å²) in [5.74, 6) is -0.760. The topological polar surface area (TPSA) is 91.7 Å². The van der Waals surface area contributed by atoms with Crippen LogP contribution in [0.5, 0.6) is 0 Å². The van der Waals surface area contributed by atoms with E-state index in [4.69, 9.17) is 4.42 Å². The molecule has 2 aromatic rings. The molecule has 3 amide bonds. The highest BCUT2D eigenvalue weighted by Crippen LogP contribution is 2.14. The molecule has 8 heteroatoms. The maximum absolute atomic E-state index is 12.0. The van der Waals surface area contributed by atoms with Crippen molar-refractivity contribution in [1.82, 2.24) is 10.2 Å².